The van der Waals surface area contributed by atoms with Crippen LogP contribution in [0.1, 0.15) is 207 Å². The van der Waals surface area contributed by atoms with Crippen molar-refractivity contribution in [2.75, 3.05) is 24.6 Å². The standard InChI is InChI=1S/C36H76IP/c1-5-9-13-17-19-21-23-25-27-31-35-38(37,33-29-15-11-7-3,34-30-16-12-8-4)36-32-28-26-24-22-20-18-14-10-6-2/h5-36H2,1-4H3. The zero-order valence-corrected chi connectivity index (χ0v) is 30.5. The second kappa shape index (κ2) is 28.3. The Bertz CT molecular complexity index is 422. The maximum atomic E-state index is 3.22. The first-order valence-corrected chi connectivity index (χ1v) is 24.0. The second-order valence-electron chi connectivity index (χ2n) is 13.2. The number of hydrogen-bond acceptors (Lipinski definition) is 0. The molecule has 0 aliphatic rings. The van der Waals surface area contributed by atoms with Gasteiger partial charge in [0.2, 0.25) is 0 Å². The Morgan fingerprint density at radius 3 is 0.632 bits per heavy atom. The first-order valence-electron chi connectivity index (χ1n) is 18.3. The summed E-state index contributed by atoms with van der Waals surface area (Å²) in [7, 11) is 0. The van der Waals surface area contributed by atoms with Crippen molar-refractivity contribution < 1.29 is 0 Å². The predicted octanol–water partition coefficient (Wildman–Crippen LogP) is 14.9. The summed E-state index contributed by atoms with van der Waals surface area (Å²) in [4.78, 5) is 0. The molecule has 0 atom stereocenters. The van der Waals surface area contributed by atoms with E-state index in [9.17, 15) is 0 Å². The average molecular weight is 667 g/mol. The SMILES string of the molecule is CCCCCCCCCCCCP(I)(CCCCCC)(CCCCCC)CCCCCCCCCCCC. The van der Waals surface area contributed by atoms with Crippen LogP contribution in [-0.2, 0) is 0 Å². The van der Waals surface area contributed by atoms with Gasteiger partial charge in [-0.25, -0.2) is 0 Å². The fourth-order valence-electron chi connectivity index (χ4n) is 6.53. The van der Waals surface area contributed by atoms with Crippen LogP contribution < -0.4 is 0 Å². The van der Waals surface area contributed by atoms with Crippen molar-refractivity contribution in [3.8, 4) is 0 Å². The van der Waals surface area contributed by atoms with Gasteiger partial charge >= 0.3 is 258 Å². The van der Waals surface area contributed by atoms with Gasteiger partial charge in [0.05, 0.1) is 0 Å². The normalized spacial score (nSPS) is 13.1. The third-order valence-electron chi connectivity index (χ3n) is 9.28. The Balaban J connectivity index is 4.72. The van der Waals surface area contributed by atoms with Gasteiger partial charge in [-0.2, -0.15) is 0 Å². The number of hydrogen-bond donors (Lipinski definition) is 0. The molecule has 0 aromatic heterocycles. The van der Waals surface area contributed by atoms with Gasteiger partial charge in [-0.05, 0) is 0 Å². The van der Waals surface area contributed by atoms with Gasteiger partial charge in [0.15, 0.2) is 0 Å². The van der Waals surface area contributed by atoms with Crippen LogP contribution >= 0.6 is 26.3 Å². The van der Waals surface area contributed by atoms with Crippen molar-refractivity contribution in [3.05, 3.63) is 0 Å². The van der Waals surface area contributed by atoms with E-state index in [2.05, 4.69) is 49.7 Å². The van der Waals surface area contributed by atoms with E-state index >= 15 is 0 Å². The molecule has 0 saturated carbocycles. The van der Waals surface area contributed by atoms with E-state index in [1.165, 1.54) is 180 Å². The topological polar surface area (TPSA) is 0 Å². The van der Waals surface area contributed by atoms with Gasteiger partial charge in [-0.1, -0.05) is 0 Å². The van der Waals surface area contributed by atoms with Crippen LogP contribution in [0.5, 0.6) is 0 Å². The Morgan fingerprint density at radius 1 is 0.263 bits per heavy atom. The fourth-order valence-corrected chi connectivity index (χ4v) is 16.0. The maximum absolute atomic E-state index is 3.22. The van der Waals surface area contributed by atoms with Crippen LogP contribution in [0.4, 0.5) is 0 Å². The molecule has 0 aliphatic carbocycles. The second-order valence-corrected chi connectivity index (χ2v) is 26.8. The summed E-state index contributed by atoms with van der Waals surface area (Å²) in [6, 6.07) is 0. The van der Waals surface area contributed by atoms with Crippen molar-refractivity contribution in [2.24, 2.45) is 0 Å². The first kappa shape index (κ1) is 39.2. The molecule has 0 nitrogen and oxygen atoms in total. The Hall–Kier alpha value is 1.16. The molecule has 0 spiro atoms. The fraction of sp³-hybridized carbons (Fsp3) is 1.00. The van der Waals surface area contributed by atoms with Gasteiger partial charge in [-0.15, -0.1) is 0 Å². The van der Waals surface area contributed by atoms with Crippen LogP contribution in [0.15, 0.2) is 0 Å². The molecular weight excluding hydrogens is 590 g/mol. The predicted molar refractivity (Wildman–Crippen MR) is 192 cm³/mol. The molecule has 0 aromatic rings. The van der Waals surface area contributed by atoms with Crippen molar-refractivity contribution >= 4 is 26.3 Å². The molecule has 0 radical (unpaired) electrons. The van der Waals surface area contributed by atoms with E-state index < -0.39 is 4.25 Å². The number of halogens is 1. The summed E-state index contributed by atoms with van der Waals surface area (Å²) in [6.45, 7) is 9.41. The quantitative estimate of drug-likeness (QED) is 0.0381. The monoisotopic (exact) mass is 666 g/mol. The van der Waals surface area contributed by atoms with Crippen molar-refractivity contribution in [1.82, 2.24) is 0 Å². The zero-order chi connectivity index (χ0) is 28.1. The van der Waals surface area contributed by atoms with Crippen molar-refractivity contribution in [1.29, 1.82) is 0 Å². The summed E-state index contributed by atoms with van der Waals surface area (Å²) in [5.74, 6) is 0. The minimum absolute atomic E-state index is 1.37. The number of rotatable bonds is 32. The molecule has 0 heterocycles. The number of unbranched alkanes of at least 4 members (excludes halogenated alkanes) is 24. The molecule has 0 unspecified atom stereocenters. The Labute approximate surface area is 257 Å². The molecule has 0 saturated heterocycles. The molecule has 0 bridgehead atoms. The molecule has 232 valence electrons. The van der Waals surface area contributed by atoms with E-state index in [1.807, 2.05) is 0 Å². The molecule has 0 N–H and O–H groups in total. The summed E-state index contributed by atoms with van der Waals surface area (Å²) < 4.78 is -1.60. The van der Waals surface area contributed by atoms with Crippen LogP contribution in [0.25, 0.3) is 0 Å². The van der Waals surface area contributed by atoms with E-state index in [0.717, 1.165) is 0 Å². The molecule has 38 heavy (non-hydrogen) atoms. The van der Waals surface area contributed by atoms with Crippen LogP contribution in [0.2, 0.25) is 0 Å². The van der Waals surface area contributed by atoms with Gasteiger partial charge < -0.3 is 0 Å². The third-order valence-corrected chi connectivity index (χ3v) is 20.8. The zero-order valence-electron chi connectivity index (χ0n) is 27.5. The third kappa shape index (κ3) is 23.8. The summed E-state index contributed by atoms with van der Waals surface area (Å²) in [5.41, 5.74) is 0. The molecule has 0 amide bonds. The van der Waals surface area contributed by atoms with Gasteiger partial charge in [0.25, 0.3) is 0 Å². The van der Waals surface area contributed by atoms with Crippen LogP contribution in [0.3, 0.4) is 0 Å². The minimum atomic E-state index is -1.60. The molecule has 0 fully saturated rings. The summed E-state index contributed by atoms with van der Waals surface area (Å²) in [5, 5.41) is 0. The molecule has 0 aromatic carbocycles. The van der Waals surface area contributed by atoms with Gasteiger partial charge in [-0.3, -0.25) is 0 Å². The Kier molecular flexibility index (Phi) is 29.2. The Morgan fingerprint density at radius 2 is 0.421 bits per heavy atom. The van der Waals surface area contributed by atoms with Crippen molar-refractivity contribution in [3.63, 3.8) is 0 Å². The summed E-state index contributed by atoms with van der Waals surface area (Å²) >= 11 is 3.22. The molecule has 0 aliphatic heterocycles. The van der Waals surface area contributed by atoms with Crippen LogP contribution in [-0.4, -0.2) is 24.6 Å². The molecule has 0 rings (SSSR count). The van der Waals surface area contributed by atoms with E-state index in [0.29, 0.717) is 0 Å². The van der Waals surface area contributed by atoms with Gasteiger partial charge in [0, 0.05) is 0 Å². The first-order chi connectivity index (χ1) is 18.5. The van der Waals surface area contributed by atoms with Crippen LogP contribution in [0, 0.1) is 0 Å². The van der Waals surface area contributed by atoms with Gasteiger partial charge in [0.1, 0.15) is 0 Å². The summed E-state index contributed by atoms with van der Waals surface area (Å²) in [6.07, 6.45) is 47.7. The van der Waals surface area contributed by atoms with E-state index in [-0.39, 0.29) is 0 Å². The molecular formula is C36H76IP. The average Bonchev–Trinajstić information content (AvgIpc) is 2.92. The van der Waals surface area contributed by atoms with E-state index in [4.69, 9.17) is 0 Å². The van der Waals surface area contributed by atoms with Crippen molar-refractivity contribution in [2.45, 2.75) is 207 Å². The van der Waals surface area contributed by atoms with E-state index in [1.54, 1.807) is 24.6 Å². The molecule has 2 heteroatoms.